The van der Waals surface area contributed by atoms with E-state index < -0.39 is 0 Å². The van der Waals surface area contributed by atoms with Gasteiger partial charge in [0.05, 0.1) is 6.61 Å². The molecule has 1 amide bonds. The molecule has 0 bridgehead atoms. The van der Waals surface area contributed by atoms with Crippen LogP contribution in [0, 0.1) is 5.92 Å². The Bertz CT molecular complexity index is 425. The van der Waals surface area contributed by atoms with Crippen LogP contribution in [0.1, 0.15) is 13.3 Å². The van der Waals surface area contributed by atoms with Gasteiger partial charge < -0.3 is 20.1 Å². The Morgan fingerprint density at radius 2 is 2.14 bits per heavy atom. The molecule has 21 heavy (non-hydrogen) atoms. The Kier molecular flexibility index (Phi) is 6.50. The normalized spacial score (nSPS) is 21.8. The molecule has 1 aliphatic heterocycles. The molecule has 1 aliphatic rings. The van der Waals surface area contributed by atoms with E-state index in [1.807, 2.05) is 30.3 Å². The van der Waals surface area contributed by atoms with Crippen molar-refractivity contribution in [3.8, 4) is 5.75 Å². The number of hydrogen-bond donors (Lipinski definition) is 2. The van der Waals surface area contributed by atoms with Crippen molar-refractivity contribution >= 4 is 5.91 Å². The molecule has 0 saturated carbocycles. The third-order valence-electron chi connectivity index (χ3n) is 3.65. The van der Waals surface area contributed by atoms with Gasteiger partial charge in [0, 0.05) is 12.6 Å². The Labute approximate surface area is 126 Å². The lowest BCUT2D eigenvalue weighted by Gasteiger charge is -2.30. The van der Waals surface area contributed by atoms with Crippen LogP contribution in [0.2, 0.25) is 0 Å². The predicted octanol–water partition coefficient (Wildman–Crippen LogP) is 1.20. The smallest absolute Gasteiger partial charge is 0.246 e. The maximum absolute atomic E-state index is 11.8. The van der Waals surface area contributed by atoms with E-state index in [1.54, 1.807) is 0 Å². The molecule has 116 valence electrons. The minimum atomic E-state index is -0.0599. The molecule has 2 rings (SSSR count). The molecule has 1 aromatic rings. The van der Waals surface area contributed by atoms with E-state index in [4.69, 9.17) is 9.47 Å². The quantitative estimate of drug-likeness (QED) is 0.741. The molecule has 2 atom stereocenters. The van der Waals surface area contributed by atoms with Crippen molar-refractivity contribution in [2.45, 2.75) is 19.4 Å². The summed E-state index contributed by atoms with van der Waals surface area (Å²) in [5.41, 5.74) is 0. The van der Waals surface area contributed by atoms with Crippen molar-refractivity contribution in [3.63, 3.8) is 0 Å². The summed E-state index contributed by atoms with van der Waals surface area (Å²) in [5, 5.41) is 6.30. The zero-order valence-corrected chi connectivity index (χ0v) is 12.5. The topological polar surface area (TPSA) is 59.6 Å². The van der Waals surface area contributed by atoms with Crippen molar-refractivity contribution in [1.29, 1.82) is 0 Å². The largest absolute Gasteiger partial charge is 0.491 e. The fourth-order valence-electron chi connectivity index (χ4n) is 2.33. The summed E-state index contributed by atoms with van der Waals surface area (Å²) in [4.78, 5) is 11.8. The number of nitrogens with one attached hydrogen (secondary N) is 2. The number of amides is 1. The average Bonchev–Trinajstić information content (AvgIpc) is 2.50. The Balaban J connectivity index is 1.55. The lowest BCUT2D eigenvalue weighted by atomic mass is 9.95. The van der Waals surface area contributed by atoms with E-state index in [9.17, 15) is 4.79 Å². The van der Waals surface area contributed by atoms with E-state index in [1.165, 1.54) is 0 Å². The molecule has 0 aliphatic carbocycles. The third-order valence-corrected chi connectivity index (χ3v) is 3.65. The molecule has 0 spiro atoms. The van der Waals surface area contributed by atoms with E-state index in [0.29, 0.717) is 19.1 Å². The molecule has 1 saturated heterocycles. The maximum Gasteiger partial charge on any atom is 0.246 e. The van der Waals surface area contributed by atoms with Gasteiger partial charge in [0.15, 0.2) is 0 Å². The highest BCUT2D eigenvalue weighted by Crippen LogP contribution is 2.11. The monoisotopic (exact) mass is 292 g/mol. The first-order valence-corrected chi connectivity index (χ1v) is 7.51. The Morgan fingerprint density at radius 3 is 2.90 bits per heavy atom. The van der Waals surface area contributed by atoms with Crippen LogP contribution >= 0.6 is 0 Å². The zero-order valence-electron chi connectivity index (χ0n) is 12.5. The number of ether oxygens (including phenoxy) is 2. The molecule has 0 radical (unpaired) electrons. The maximum atomic E-state index is 11.8. The molecule has 5 heteroatoms. The summed E-state index contributed by atoms with van der Waals surface area (Å²) in [6.45, 7) is 4.96. The van der Waals surface area contributed by atoms with Gasteiger partial charge in [0.2, 0.25) is 5.91 Å². The van der Waals surface area contributed by atoms with Crippen LogP contribution in [0.5, 0.6) is 5.75 Å². The van der Waals surface area contributed by atoms with Crippen LogP contribution in [0.25, 0.3) is 0 Å². The van der Waals surface area contributed by atoms with Gasteiger partial charge in [-0.15, -0.1) is 0 Å². The van der Waals surface area contributed by atoms with E-state index in [0.717, 1.165) is 25.3 Å². The second-order valence-corrected chi connectivity index (χ2v) is 5.36. The van der Waals surface area contributed by atoms with Crippen molar-refractivity contribution in [3.05, 3.63) is 30.3 Å². The van der Waals surface area contributed by atoms with Crippen LogP contribution < -0.4 is 15.4 Å². The van der Waals surface area contributed by atoms with Gasteiger partial charge >= 0.3 is 0 Å². The lowest BCUT2D eigenvalue weighted by molar-refractivity contribution is -0.127. The van der Waals surface area contributed by atoms with Crippen molar-refractivity contribution in [2.24, 2.45) is 5.92 Å². The van der Waals surface area contributed by atoms with Crippen molar-refractivity contribution in [1.82, 2.24) is 10.6 Å². The summed E-state index contributed by atoms with van der Waals surface area (Å²) in [7, 11) is 0. The van der Waals surface area contributed by atoms with Gasteiger partial charge in [-0.25, -0.2) is 0 Å². The highest BCUT2D eigenvalue weighted by Gasteiger charge is 2.22. The number of para-hydroxylation sites is 1. The molecule has 2 unspecified atom stereocenters. The second kappa shape index (κ2) is 8.64. The summed E-state index contributed by atoms with van der Waals surface area (Å²) >= 11 is 0. The van der Waals surface area contributed by atoms with E-state index >= 15 is 0 Å². The number of carbonyl (C=O) groups excluding carboxylic acids is 1. The SMILES string of the molecule is CC1CCNCC1NC(=O)COCCOc1ccccc1. The van der Waals surface area contributed by atoms with Crippen LogP contribution in [0.3, 0.4) is 0 Å². The number of piperidine rings is 1. The molecule has 5 nitrogen and oxygen atoms in total. The van der Waals surface area contributed by atoms with Gasteiger partial charge in [0.25, 0.3) is 0 Å². The highest BCUT2D eigenvalue weighted by atomic mass is 16.5. The van der Waals surface area contributed by atoms with Crippen LogP contribution in [0.4, 0.5) is 0 Å². The van der Waals surface area contributed by atoms with E-state index in [-0.39, 0.29) is 18.6 Å². The fraction of sp³-hybridized carbons (Fsp3) is 0.562. The minimum absolute atomic E-state index is 0.0599. The zero-order chi connectivity index (χ0) is 14.9. The van der Waals surface area contributed by atoms with E-state index in [2.05, 4.69) is 17.6 Å². The van der Waals surface area contributed by atoms with Crippen molar-refractivity contribution < 1.29 is 14.3 Å². The first kappa shape index (κ1) is 15.8. The molecule has 1 aromatic carbocycles. The standard InChI is InChI=1S/C16H24N2O3/c1-13-7-8-17-11-15(13)18-16(19)12-20-9-10-21-14-5-3-2-4-6-14/h2-6,13,15,17H,7-12H2,1H3,(H,18,19). The van der Waals surface area contributed by atoms with Crippen LogP contribution in [0.15, 0.2) is 30.3 Å². The summed E-state index contributed by atoms with van der Waals surface area (Å²) < 4.78 is 10.8. The minimum Gasteiger partial charge on any atom is -0.491 e. The van der Waals surface area contributed by atoms with Gasteiger partial charge in [0.1, 0.15) is 19.0 Å². The average molecular weight is 292 g/mol. The first-order valence-electron chi connectivity index (χ1n) is 7.51. The summed E-state index contributed by atoms with van der Waals surface area (Å²) in [6, 6.07) is 9.77. The molecule has 1 fully saturated rings. The Hall–Kier alpha value is -1.59. The first-order chi connectivity index (χ1) is 10.3. The van der Waals surface area contributed by atoms with Crippen molar-refractivity contribution in [2.75, 3.05) is 32.9 Å². The molecule has 2 N–H and O–H groups in total. The van der Waals surface area contributed by atoms with Crippen LogP contribution in [-0.4, -0.2) is 44.9 Å². The fourth-order valence-corrected chi connectivity index (χ4v) is 2.33. The van der Waals surface area contributed by atoms with Gasteiger partial charge in [-0.05, 0) is 31.0 Å². The number of hydrogen-bond acceptors (Lipinski definition) is 4. The van der Waals surface area contributed by atoms with Gasteiger partial charge in [-0.3, -0.25) is 4.79 Å². The molecule has 1 heterocycles. The van der Waals surface area contributed by atoms with Gasteiger partial charge in [-0.1, -0.05) is 25.1 Å². The highest BCUT2D eigenvalue weighted by molar-refractivity contribution is 5.77. The van der Waals surface area contributed by atoms with Crippen LogP contribution in [-0.2, 0) is 9.53 Å². The summed E-state index contributed by atoms with van der Waals surface area (Å²) in [5.74, 6) is 1.26. The van der Waals surface area contributed by atoms with Gasteiger partial charge in [-0.2, -0.15) is 0 Å². The molecular weight excluding hydrogens is 268 g/mol. The Morgan fingerprint density at radius 1 is 1.33 bits per heavy atom. The molecule has 0 aromatic heterocycles. The molecular formula is C16H24N2O3. The number of benzene rings is 1. The number of carbonyl (C=O) groups is 1. The number of rotatable bonds is 7. The summed E-state index contributed by atoms with van der Waals surface area (Å²) in [6.07, 6.45) is 1.09. The lowest BCUT2D eigenvalue weighted by Crippen LogP contribution is -2.51. The predicted molar refractivity (Wildman–Crippen MR) is 81.3 cm³/mol. The second-order valence-electron chi connectivity index (χ2n) is 5.36. The third kappa shape index (κ3) is 5.73.